The van der Waals surface area contributed by atoms with Crippen LogP contribution < -0.4 is 4.74 Å². The summed E-state index contributed by atoms with van der Waals surface area (Å²) in [4.78, 5) is 0. The predicted molar refractivity (Wildman–Crippen MR) is 68.5 cm³/mol. The first kappa shape index (κ1) is 11.0. The molecule has 0 atom stereocenters. The average molecular weight is 214 g/mol. The van der Waals surface area contributed by atoms with Gasteiger partial charge in [-0.25, -0.2) is 0 Å². The highest BCUT2D eigenvalue weighted by Crippen LogP contribution is 2.42. The van der Waals surface area contributed by atoms with Crippen LogP contribution in [0.5, 0.6) is 5.75 Å². The van der Waals surface area contributed by atoms with Gasteiger partial charge in [-0.15, -0.1) is 0 Å². The summed E-state index contributed by atoms with van der Waals surface area (Å²) < 4.78 is 5.17. The molecule has 0 aromatic heterocycles. The highest BCUT2D eigenvalue weighted by atomic mass is 16.5. The molecule has 84 valence electrons. The van der Waals surface area contributed by atoms with E-state index in [1.54, 1.807) is 7.11 Å². The van der Waals surface area contributed by atoms with Crippen molar-refractivity contribution in [3.63, 3.8) is 0 Å². The third-order valence-electron chi connectivity index (χ3n) is 2.91. The third-order valence-corrected chi connectivity index (χ3v) is 2.91. The second kappa shape index (κ2) is 5.02. The van der Waals surface area contributed by atoms with Crippen LogP contribution in [0.2, 0.25) is 0 Å². The van der Waals surface area contributed by atoms with Crippen molar-refractivity contribution >= 4 is 5.57 Å². The molecule has 1 nitrogen and oxygen atoms in total. The van der Waals surface area contributed by atoms with E-state index in [0.29, 0.717) is 0 Å². The molecule has 0 radical (unpaired) electrons. The lowest BCUT2D eigenvalue weighted by Gasteiger charge is -2.06. The largest absolute Gasteiger partial charge is 0.497 e. The summed E-state index contributed by atoms with van der Waals surface area (Å²) in [5.41, 5.74) is 2.78. The molecule has 2 rings (SSSR count). The van der Waals surface area contributed by atoms with E-state index in [9.17, 15) is 0 Å². The Morgan fingerprint density at radius 3 is 2.44 bits per heavy atom. The lowest BCUT2D eigenvalue weighted by molar-refractivity contribution is 0.415. The van der Waals surface area contributed by atoms with Gasteiger partial charge in [-0.3, -0.25) is 0 Å². The monoisotopic (exact) mass is 214 g/mol. The van der Waals surface area contributed by atoms with Gasteiger partial charge in [0.05, 0.1) is 7.11 Å². The quantitative estimate of drug-likeness (QED) is 0.687. The fourth-order valence-electron chi connectivity index (χ4n) is 1.85. The zero-order valence-electron chi connectivity index (χ0n) is 9.94. The smallest absolute Gasteiger partial charge is 0.118 e. The minimum absolute atomic E-state index is 0.768. The summed E-state index contributed by atoms with van der Waals surface area (Å²) in [6.07, 6.45) is 9.09. The molecule has 0 N–H and O–H groups in total. The van der Waals surface area contributed by atoms with Gasteiger partial charge in [0.2, 0.25) is 0 Å². The molecule has 0 saturated heterocycles. The van der Waals surface area contributed by atoms with Crippen LogP contribution in [-0.4, -0.2) is 7.11 Å². The van der Waals surface area contributed by atoms with Crippen LogP contribution in [0.25, 0.3) is 5.57 Å². The van der Waals surface area contributed by atoms with Crippen molar-refractivity contribution in [1.29, 1.82) is 0 Å². The van der Waals surface area contributed by atoms with Crippen LogP contribution in [0.15, 0.2) is 42.5 Å². The minimum Gasteiger partial charge on any atom is -0.497 e. The Bertz CT molecular complexity index is 394. The average Bonchev–Trinajstić information content (AvgIpc) is 3.15. The van der Waals surface area contributed by atoms with Crippen LogP contribution in [0, 0.1) is 5.92 Å². The molecule has 1 fully saturated rings. The zero-order chi connectivity index (χ0) is 11.4. The topological polar surface area (TPSA) is 9.23 Å². The van der Waals surface area contributed by atoms with Gasteiger partial charge in [-0.2, -0.15) is 0 Å². The molecule has 0 aliphatic heterocycles. The summed E-state index contributed by atoms with van der Waals surface area (Å²) in [5, 5.41) is 0. The van der Waals surface area contributed by atoms with E-state index in [0.717, 1.165) is 11.7 Å². The van der Waals surface area contributed by atoms with Crippen LogP contribution in [0.4, 0.5) is 0 Å². The highest BCUT2D eigenvalue weighted by Gasteiger charge is 2.26. The Kier molecular flexibility index (Phi) is 3.45. The molecule has 1 aromatic rings. The van der Waals surface area contributed by atoms with Crippen LogP contribution >= 0.6 is 0 Å². The standard InChI is InChI=1S/C15H18O/c1-3-4-5-15(12-6-7-12)13-8-10-14(16-2)11-9-13/h3-5,8-12H,6-7H2,1-2H3/b4-3+,15-5-. The van der Waals surface area contributed by atoms with Crippen LogP contribution in [0.1, 0.15) is 25.3 Å². The second-order valence-corrected chi connectivity index (χ2v) is 4.15. The number of hydrogen-bond acceptors (Lipinski definition) is 1. The number of methoxy groups -OCH3 is 1. The van der Waals surface area contributed by atoms with Crippen molar-refractivity contribution in [1.82, 2.24) is 0 Å². The summed E-state index contributed by atoms with van der Waals surface area (Å²) >= 11 is 0. The molecule has 0 amide bonds. The Balaban J connectivity index is 2.24. The maximum Gasteiger partial charge on any atom is 0.118 e. The van der Waals surface area contributed by atoms with E-state index in [4.69, 9.17) is 4.74 Å². The van der Waals surface area contributed by atoms with Crippen molar-refractivity contribution in [2.24, 2.45) is 5.92 Å². The van der Waals surface area contributed by atoms with Gasteiger partial charge in [0.15, 0.2) is 0 Å². The van der Waals surface area contributed by atoms with Crippen molar-refractivity contribution in [3.8, 4) is 5.75 Å². The third kappa shape index (κ3) is 2.54. The molecule has 1 aliphatic rings. The van der Waals surface area contributed by atoms with E-state index in [-0.39, 0.29) is 0 Å². The van der Waals surface area contributed by atoms with Crippen molar-refractivity contribution in [2.45, 2.75) is 19.8 Å². The fraction of sp³-hybridized carbons (Fsp3) is 0.333. The molecular weight excluding hydrogens is 196 g/mol. The SMILES string of the molecule is C/C=C/C=C(\c1ccc(OC)cc1)C1CC1. The van der Waals surface area contributed by atoms with Gasteiger partial charge in [-0.05, 0) is 49.0 Å². The normalized spacial score (nSPS) is 16.8. The highest BCUT2D eigenvalue weighted by molar-refractivity contribution is 5.70. The fourth-order valence-corrected chi connectivity index (χ4v) is 1.85. The Morgan fingerprint density at radius 2 is 1.94 bits per heavy atom. The van der Waals surface area contributed by atoms with Gasteiger partial charge in [-0.1, -0.05) is 30.4 Å². The maximum absolute atomic E-state index is 5.17. The van der Waals surface area contributed by atoms with E-state index < -0.39 is 0 Å². The summed E-state index contributed by atoms with van der Waals surface area (Å²) in [6, 6.07) is 8.35. The lowest BCUT2D eigenvalue weighted by Crippen LogP contribution is -1.88. The van der Waals surface area contributed by atoms with Gasteiger partial charge >= 0.3 is 0 Å². The number of ether oxygens (including phenoxy) is 1. The van der Waals surface area contributed by atoms with Gasteiger partial charge < -0.3 is 4.74 Å². The summed E-state index contributed by atoms with van der Waals surface area (Å²) in [6.45, 7) is 2.05. The molecule has 1 aliphatic carbocycles. The molecule has 0 bridgehead atoms. The first-order valence-electron chi connectivity index (χ1n) is 5.82. The van der Waals surface area contributed by atoms with Crippen LogP contribution in [0.3, 0.4) is 0 Å². The van der Waals surface area contributed by atoms with Crippen molar-refractivity contribution in [3.05, 3.63) is 48.1 Å². The lowest BCUT2D eigenvalue weighted by atomic mass is 10.0. The van der Waals surface area contributed by atoms with Crippen LogP contribution in [-0.2, 0) is 0 Å². The molecule has 1 saturated carbocycles. The molecule has 16 heavy (non-hydrogen) atoms. The molecule has 1 heteroatoms. The molecule has 0 unspecified atom stereocenters. The number of hydrogen-bond donors (Lipinski definition) is 0. The molecule has 1 aromatic carbocycles. The van der Waals surface area contributed by atoms with Gasteiger partial charge in [0, 0.05) is 0 Å². The van der Waals surface area contributed by atoms with Gasteiger partial charge in [0.1, 0.15) is 5.75 Å². The zero-order valence-corrected chi connectivity index (χ0v) is 9.94. The Morgan fingerprint density at radius 1 is 1.25 bits per heavy atom. The Labute approximate surface area is 97.4 Å². The van der Waals surface area contributed by atoms with Crippen molar-refractivity contribution in [2.75, 3.05) is 7.11 Å². The number of benzene rings is 1. The van der Waals surface area contributed by atoms with Crippen molar-refractivity contribution < 1.29 is 4.74 Å². The van der Waals surface area contributed by atoms with E-state index in [1.807, 2.05) is 12.1 Å². The first-order valence-corrected chi connectivity index (χ1v) is 5.82. The summed E-state index contributed by atoms with van der Waals surface area (Å²) in [7, 11) is 1.70. The summed E-state index contributed by atoms with van der Waals surface area (Å²) in [5.74, 6) is 1.69. The maximum atomic E-state index is 5.17. The molecule has 0 spiro atoms. The van der Waals surface area contributed by atoms with E-state index in [1.165, 1.54) is 24.0 Å². The van der Waals surface area contributed by atoms with Gasteiger partial charge in [0.25, 0.3) is 0 Å². The first-order chi connectivity index (χ1) is 7.85. The second-order valence-electron chi connectivity index (χ2n) is 4.15. The van der Waals surface area contributed by atoms with E-state index in [2.05, 4.69) is 37.3 Å². The number of allylic oxidation sites excluding steroid dienone is 4. The molecular formula is C15H18O. The Hall–Kier alpha value is -1.50. The number of rotatable bonds is 4. The minimum atomic E-state index is 0.768. The molecule has 0 heterocycles. The van der Waals surface area contributed by atoms with E-state index >= 15 is 0 Å². The predicted octanol–water partition coefficient (Wildman–Crippen LogP) is 4.06.